The first-order valence-electron chi connectivity index (χ1n) is 4.64. The number of benzene rings is 1. The molecule has 0 saturated carbocycles. The molecule has 0 radical (unpaired) electrons. The van der Waals surface area contributed by atoms with Crippen molar-refractivity contribution in [3.63, 3.8) is 0 Å². The topological polar surface area (TPSA) is 0 Å². The van der Waals surface area contributed by atoms with Crippen LogP contribution in [-0.4, -0.2) is 0 Å². The van der Waals surface area contributed by atoms with Gasteiger partial charge in [-0.05, 0) is 0 Å². The van der Waals surface area contributed by atoms with Crippen molar-refractivity contribution in [2.45, 2.75) is 10.3 Å². The molecule has 2 atom stereocenters. The van der Waals surface area contributed by atoms with Gasteiger partial charge in [0.05, 0.1) is 11.1 Å². The summed E-state index contributed by atoms with van der Waals surface area (Å²) in [6.45, 7) is 0. The molecule has 0 heterocycles. The van der Waals surface area contributed by atoms with Gasteiger partial charge in [-0.1, -0.05) is 23.2 Å². The van der Waals surface area contributed by atoms with E-state index in [1.54, 1.807) is 0 Å². The number of hydrogen-bond donors (Lipinski definition) is 0. The molecule has 0 aromatic heterocycles. The summed E-state index contributed by atoms with van der Waals surface area (Å²) in [7, 11) is 0. The summed E-state index contributed by atoms with van der Waals surface area (Å²) < 4.78 is 107. The van der Waals surface area contributed by atoms with Crippen LogP contribution in [0.5, 0.6) is 0 Å². The molecule has 0 fully saturated rings. The van der Waals surface area contributed by atoms with E-state index >= 15 is 0 Å². The van der Waals surface area contributed by atoms with Gasteiger partial charge in [-0.3, -0.25) is 0 Å². The van der Waals surface area contributed by atoms with Crippen molar-refractivity contribution in [3.8, 4) is 0 Å². The first kappa shape index (κ1) is 15.4. The van der Waals surface area contributed by atoms with Gasteiger partial charge < -0.3 is 0 Å². The maximum absolute atomic E-state index is 13.8. The number of alkyl halides is 4. The molecule has 20 heavy (non-hydrogen) atoms. The molecule has 0 bridgehead atoms. The van der Waals surface area contributed by atoms with Crippen LogP contribution in [0.25, 0.3) is 0 Å². The zero-order valence-electron chi connectivity index (χ0n) is 8.78. The van der Waals surface area contributed by atoms with Crippen molar-refractivity contribution in [1.29, 1.82) is 0 Å². The zero-order valence-corrected chi connectivity index (χ0v) is 10.3. The molecule has 2 unspecified atom stereocenters. The van der Waals surface area contributed by atoms with Crippen molar-refractivity contribution >= 4 is 23.2 Å². The fourth-order valence-corrected chi connectivity index (χ4v) is 2.24. The van der Waals surface area contributed by atoms with Crippen molar-refractivity contribution in [2.24, 2.45) is 0 Å². The van der Waals surface area contributed by atoms with E-state index in [4.69, 9.17) is 23.2 Å². The van der Waals surface area contributed by atoms with Crippen LogP contribution in [0.15, 0.2) is 11.7 Å². The van der Waals surface area contributed by atoms with Crippen molar-refractivity contribution in [2.75, 3.05) is 0 Å². The summed E-state index contributed by atoms with van der Waals surface area (Å²) in [5.74, 6) is -15.7. The number of allylic oxidation sites excluding steroid dienone is 2. The van der Waals surface area contributed by atoms with E-state index in [1.165, 1.54) is 0 Å². The van der Waals surface area contributed by atoms with E-state index in [1.807, 2.05) is 0 Å². The average molecular weight is 343 g/mol. The third-order valence-corrected chi connectivity index (χ3v) is 3.35. The van der Waals surface area contributed by atoms with Gasteiger partial charge in [0.25, 0.3) is 10.3 Å². The second-order valence-corrected chi connectivity index (χ2v) is 4.82. The van der Waals surface area contributed by atoms with Crippen LogP contribution in [0, 0.1) is 23.3 Å². The Morgan fingerprint density at radius 3 is 1.05 bits per heavy atom. The van der Waals surface area contributed by atoms with E-state index in [9.17, 15) is 35.1 Å². The molecule has 10 heteroatoms. The van der Waals surface area contributed by atoms with Gasteiger partial charge in [0, 0.05) is 0 Å². The van der Waals surface area contributed by atoms with Crippen LogP contribution in [0.2, 0.25) is 0 Å². The molecule has 1 aromatic carbocycles. The van der Waals surface area contributed by atoms with E-state index in [2.05, 4.69) is 0 Å². The second-order valence-electron chi connectivity index (χ2n) is 3.78. The minimum Gasteiger partial charge on any atom is -0.213 e. The van der Waals surface area contributed by atoms with Crippen molar-refractivity contribution in [1.82, 2.24) is 0 Å². The fraction of sp³-hybridized carbons (Fsp3) is 0.200. The summed E-state index contributed by atoms with van der Waals surface area (Å²) in [5.41, 5.74) is -4.21. The first-order chi connectivity index (χ1) is 8.95. The highest BCUT2D eigenvalue weighted by atomic mass is 35.5. The third kappa shape index (κ3) is 1.67. The third-order valence-electron chi connectivity index (χ3n) is 2.64. The monoisotopic (exact) mass is 342 g/mol. The summed E-state index contributed by atoms with van der Waals surface area (Å²) in [6.07, 6.45) is 0. The maximum Gasteiger partial charge on any atom is 0.266 e. The lowest BCUT2D eigenvalue weighted by Gasteiger charge is -2.31. The van der Waals surface area contributed by atoms with Crippen LogP contribution in [0.4, 0.5) is 35.1 Å². The molecule has 1 aromatic rings. The lowest BCUT2D eigenvalue weighted by Crippen LogP contribution is -2.34. The van der Waals surface area contributed by atoms with Crippen LogP contribution in [-0.2, 0) is 10.3 Å². The molecular weight excluding hydrogens is 343 g/mol. The van der Waals surface area contributed by atoms with Gasteiger partial charge >= 0.3 is 0 Å². The highest BCUT2D eigenvalue weighted by Gasteiger charge is 2.58. The highest BCUT2D eigenvalue weighted by Crippen LogP contribution is 2.57. The van der Waals surface area contributed by atoms with Crippen molar-refractivity contribution < 1.29 is 35.1 Å². The summed E-state index contributed by atoms with van der Waals surface area (Å²) in [5, 5.41) is -8.55. The number of fused-ring (bicyclic) bond motifs is 1. The smallest absolute Gasteiger partial charge is 0.213 e. The Hall–Kier alpha value is -1.02. The molecule has 110 valence electrons. The number of halogens is 10. The Labute approximate surface area is 115 Å². The largest absolute Gasteiger partial charge is 0.266 e. The van der Waals surface area contributed by atoms with Crippen LogP contribution in [0.3, 0.4) is 0 Å². The second kappa shape index (κ2) is 4.24. The lowest BCUT2D eigenvalue weighted by atomic mass is 9.90. The maximum atomic E-state index is 13.8. The predicted molar refractivity (Wildman–Crippen MR) is 52.8 cm³/mol. The SMILES string of the molecule is FC1=C(F)C(F)(Cl)c2c(F)c(F)c(F)c(F)c2C1(F)Cl. The molecular formula is C10Cl2F8. The van der Waals surface area contributed by atoms with Crippen molar-refractivity contribution in [3.05, 3.63) is 46.0 Å². The molecule has 1 aliphatic rings. The molecule has 0 saturated heterocycles. The quantitative estimate of drug-likeness (QED) is 0.265. The van der Waals surface area contributed by atoms with Gasteiger partial charge in [0.1, 0.15) is 0 Å². The van der Waals surface area contributed by atoms with Crippen LogP contribution in [0.1, 0.15) is 11.1 Å². The van der Waals surface area contributed by atoms with Gasteiger partial charge in [-0.2, -0.15) is 0 Å². The summed E-state index contributed by atoms with van der Waals surface area (Å²) in [4.78, 5) is 0. The fourth-order valence-electron chi connectivity index (χ4n) is 1.72. The molecule has 1 aliphatic carbocycles. The Bertz CT molecular complexity index is 594. The van der Waals surface area contributed by atoms with Crippen LogP contribution < -0.4 is 0 Å². The molecule has 2 rings (SSSR count). The van der Waals surface area contributed by atoms with Gasteiger partial charge in [-0.15, -0.1) is 0 Å². The highest BCUT2D eigenvalue weighted by molar-refractivity contribution is 6.28. The van der Waals surface area contributed by atoms with E-state index in [-0.39, 0.29) is 0 Å². The molecule has 0 aliphatic heterocycles. The summed E-state index contributed by atoms with van der Waals surface area (Å²) in [6, 6.07) is 0. The molecule has 0 N–H and O–H groups in total. The molecule has 0 amide bonds. The molecule has 0 spiro atoms. The van der Waals surface area contributed by atoms with Crippen LogP contribution >= 0.6 is 23.2 Å². The van der Waals surface area contributed by atoms with Gasteiger partial charge in [0.2, 0.25) is 0 Å². The standard InChI is InChI=1S/C10Cl2F8/c11-9(19)1-2(10(12,20)8(18)7(9)17)4(14)6(16)5(15)3(1)13. The normalized spacial score (nSPS) is 29.7. The van der Waals surface area contributed by atoms with Gasteiger partial charge in [-0.25, -0.2) is 35.1 Å². The Kier molecular flexibility index (Phi) is 3.26. The minimum absolute atomic E-state index is 2.10. The Morgan fingerprint density at radius 1 is 0.550 bits per heavy atom. The van der Waals surface area contributed by atoms with E-state index in [0.29, 0.717) is 0 Å². The Balaban J connectivity index is 3.05. The number of hydrogen-bond acceptors (Lipinski definition) is 0. The van der Waals surface area contributed by atoms with Gasteiger partial charge in [0.15, 0.2) is 34.9 Å². The first-order valence-corrected chi connectivity index (χ1v) is 5.40. The van der Waals surface area contributed by atoms with E-state index in [0.717, 1.165) is 0 Å². The lowest BCUT2D eigenvalue weighted by molar-refractivity contribution is 0.183. The number of rotatable bonds is 0. The average Bonchev–Trinajstić information content (AvgIpc) is 2.36. The predicted octanol–water partition coefficient (Wildman–Crippen LogP) is 5.13. The minimum atomic E-state index is -4.27. The molecule has 0 nitrogen and oxygen atoms in total. The summed E-state index contributed by atoms with van der Waals surface area (Å²) >= 11 is 9.63. The van der Waals surface area contributed by atoms with E-state index < -0.39 is 56.3 Å². The Morgan fingerprint density at radius 2 is 0.800 bits per heavy atom. The zero-order chi connectivity index (χ0) is 15.6.